The van der Waals surface area contributed by atoms with E-state index >= 15 is 0 Å². The number of carbonyl (C=O) groups excluding carboxylic acids is 8. The van der Waals surface area contributed by atoms with E-state index in [-0.39, 0.29) is 63.8 Å². The van der Waals surface area contributed by atoms with Crippen molar-refractivity contribution in [1.82, 2.24) is 0 Å². The van der Waals surface area contributed by atoms with Gasteiger partial charge < -0.3 is 63.2 Å². The van der Waals surface area contributed by atoms with Crippen LogP contribution in [0.3, 0.4) is 0 Å². The third kappa shape index (κ3) is 6810. The molecule has 0 aromatic carbocycles. The van der Waals surface area contributed by atoms with Gasteiger partial charge in [-0.3, -0.25) is 0 Å². The van der Waals surface area contributed by atoms with E-state index in [2.05, 4.69) is 0 Å². The molecular weight excluding hydrogens is 501 g/mol. The first-order chi connectivity index (χ1) is 8.00. The first-order valence-corrected chi connectivity index (χ1v) is 2.31. The Bertz CT molecular complexity index is 58.4. The molecule has 0 fully saturated rings. The zero-order valence-electron chi connectivity index (χ0n) is 10.3. The summed E-state index contributed by atoms with van der Waals surface area (Å²) in [4.78, 5) is 64.0. The van der Waals surface area contributed by atoms with Gasteiger partial charge in [0, 0.05) is 39.0 Å². The predicted molar refractivity (Wildman–Crippen MR) is 57.0 cm³/mol. The molecule has 0 aliphatic rings. The average Bonchev–Trinajstić information content (AvgIpc) is 2.54. The molecule has 0 heterocycles. The Labute approximate surface area is 156 Å². The molecule has 0 amide bonds. The van der Waals surface area contributed by atoms with Crippen LogP contribution in [0.4, 0.5) is 0 Å². The molecule has 0 atom stereocenters. The van der Waals surface area contributed by atoms with Crippen molar-refractivity contribution in [1.29, 1.82) is 0 Å². The van der Waals surface area contributed by atoms with Crippen molar-refractivity contribution >= 4 is 54.3 Å². The summed E-state index contributed by atoms with van der Waals surface area (Å²) in [5.74, 6) is 0. The first-order valence-electron chi connectivity index (χ1n) is 2.31. The molecule has 130 valence electrons. The Kier molecular flexibility index (Phi) is 49900. The van der Waals surface area contributed by atoms with Gasteiger partial charge in [-0.1, -0.05) is 0 Å². The van der Waals surface area contributed by atoms with Crippen molar-refractivity contribution < 1.29 is 102 Å². The summed E-state index contributed by atoms with van der Waals surface area (Å²) in [5.41, 5.74) is 0. The minimum atomic E-state index is 0. The van der Waals surface area contributed by atoms with Gasteiger partial charge in [-0.15, -0.1) is 0 Å². The van der Waals surface area contributed by atoms with Crippen LogP contribution in [-0.2, 0) is 77.3 Å². The fraction of sp³-hybridized carbons (Fsp3) is 0. The summed E-state index contributed by atoms with van der Waals surface area (Å²) in [6.45, 7) is 16.0. The topological polar surface area (TPSA) is 137 Å². The maximum absolute atomic E-state index is 8.00. The van der Waals surface area contributed by atoms with Crippen LogP contribution in [-0.4, -0.2) is 54.3 Å². The van der Waals surface area contributed by atoms with Crippen molar-refractivity contribution in [2.75, 3.05) is 0 Å². The summed E-state index contributed by atoms with van der Waals surface area (Å²) in [5, 5.41) is 0. The van der Waals surface area contributed by atoms with Crippen LogP contribution in [0.25, 0.3) is 0 Å². The molecule has 2 radical (unpaired) electrons. The molecule has 0 aliphatic heterocycles. The maximum atomic E-state index is 8.00. The molecule has 0 aromatic rings. The van der Waals surface area contributed by atoms with Gasteiger partial charge in [-0.05, 0) is 0 Å². The van der Waals surface area contributed by atoms with Gasteiger partial charge in [-0.2, -0.15) is 0 Å². The van der Waals surface area contributed by atoms with Crippen molar-refractivity contribution in [3.63, 3.8) is 0 Å². The van der Waals surface area contributed by atoms with E-state index in [1.165, 1.54) is 0 Å². The molecule has 8 nitrogen and oxygen atoms in total. The van der Waals surface area contributed by atoms with E-state index in [0.717, 1.165) is 0 Å². The second-order valence-electron chi connectivity index (χ2n) is 0. The van der Waals surface area contributed by atoms with E-state index < -0.39 is 0 Å². The van der Waals surface area contributed by atoms with Crippen LogP contribution in [0, 0.1) is 0 Å². The van der Waals surface area contributed by atoms with Gasteiger partial charge >= 0.3 is 0 Å². The molecule has 0 N–H and O–H groups in total. The largest absolute Gasteiger partial charge is 1.00 e. The zero-order valence-corrected chi connectivity index (χ0v) is 15.1. The molecule has 0 saturated carbocycles. The molecule has 0 rings (SSSR count). The molecule has 0 aliphatic carbocycles. The van der Waals surface area contributed by atoms with Gasteiger partial charge in [0.15, 0.2) is 0 Å². The Hall–Kier alpha value is -0.813. The second-order valence-corrected chi connectivity index (χ2v) is 0. The SMILES string of the molecule is C=O.C=O.C=O.C=O.C=O.C=O.C=O.C=O.[Cl-].[Cl-].[Rh].[Rh]. The molecule has 0 saturated heterocycles. The summed E-state index contributed by atoms with van der Waals surface area (Å²) in [6.07, 6.45) is 0. The van der Waals surface area contributed by atoms with E-state index in [9.17, 15) is 0 Å². The maximum Gasteiger partial charge on any atom is 0.106 e. The smallest absolute Gasteiger partial charge is 0.106 e. The predicted octanol–water partition coefficient (Wildman–Crippen LogP) is -7.48. The monoisotopic (exact) mass is 516 g/mol. The normalized spacial score (nSPS) is 1.60. The van der Waals surface area contributed by atoms with Crippen LogP contribution in [0.1, 0.15) is 0 Å². The Morgan fingerprint density at radius 2 is 0.250 bits per heavy atom. The van der Waals surface area contributed by atoms with Crippen LogP contribution in [0.5, 0.6) is 0 Å². The summed E-state index contributed by atoms with van der Waals surface area (Å²) in [6, 6.07) is 0. The van der Waals surface area contributed by atoms with Crippen LogP contribution in [0.15, 0.2) is 0 Å². The summed E-state index contributed by atoms with van der Waals surface area (Å²) in [7, 11) is 0. The molecule has 0 spiro atoms. The number of carbonyl (C=O) groups is 8. The van der Waals surface area contributed by atoms with E-state index in [1.807, 2.05) is 54.3 Å². The fourth-order valence-corrected chi connectivity index (χ4v) is 0. The van der Waals surface area contributed by atoms with Crippen molar-refractivity contribution in [2.45, 2.75) is 0 Å². The number of hydrogen-bond donors (Lipinski definition) is 0. The molecule has 0 aromatic heterocycles. The van der Waals surface area contributed by atoms with Crippen molar-refractivity contribution in [2.24, 2.45) is 0 Å². The fourth-order valence-electron chi connectivity index (χ4n) is 0. The van der Waals surface area contributed by atoms with E-state index in [0.29, 0.717) is 0 Å². The molecule has 12 heteroatoms. The number of hydrogen-bond acceptors (Lipinski definition) is 8. The second kappa shape index (κ2) is 8120. The number of rotatable bonds is 0. The summed E-state index contributed by atoms with van der Waals surface area (Å²) >= 11 is 0. The molecular formula is C8H16Cl2O8Rh2-2. The molecule has 0 bridgehead atoms. The zero-order chi connectivity index (χ0) is 16.0. The average molecular weight is 517 g/mol. The van der Waals surface area contributed by atoms with Gasteiger partial charge in [0.1, 0.15) is 54.3 Å². The van der Waals surface area contributed by atoms with E-state index in [1.54, 1.807) is 0 Å². The minimum absolute atomic E-state index is 0. The van der Waals surface area contributed by atoms with Gasteiger partial charge in [0.2, 0.25) is 0 Å². The van der Waals surface area contributed by atoms with Crippen molar-refractivity contribution in [3.8, 4) is 0 Å². The van der Waals surface area contributed by atoms with Crippen LogP contribution >= 0.6 is 0 Å². The molecule has 20 heavy (non-hydrogen) atoms. The Morgan fingerprint density at radius 1 is 0.250 bits per heavy atom. The van der Waals surface area contributed by atoms with E-state index in [4.69, 9.17) is 38.4 Å². The van der Waals surface area contributed by atoms with Crippen molar-refractivity contribution in [3.05, 3.63) is 0 Å². The minimum Gasteiger partial charge on any atom is -1.00 e. The number of halogens is 2. The third-order valence-electron chi connectivity index (χ3n) is 0. The standard InChI is InChI=1S/8CH2O.2ClH.2Rh/c8*1-2;;;;/h8*1H2;2*1H;;/p-2. The first kappa shape index (κ1) is 123. The third-order valence-corrected chi connectivity index (χ3v) is 0. The quantitative estimate of drug-likeness (QED) is 0.290. The Balaban J connectivity index is -0.00000000356. The summed E-state index contributed by atoms with van der Waals surface area (Å²) < 4.78 is 0. The van der Waals surface area contributed by atoms with Gasteiger partial charge in [0.25, 0.3) is 0 Å². The van der Waals surface area contributed by atoms with Crippen LogP contribution < -0.4 is 24.8 Å². The van der Waals surface area contributed by atoms with Gasteiger partial charge in [0.05, 0.1) is 0 Å². The van der Waals surface area contributed by atoms with Gasteiger partial charge in [-0.25, -0.2) is 0 Å². The van der Waals surface area contributed by atoms with Crippen LogP contribution in [0.2, 0.25) is 0 Å². The Morgan fingerprint density at radius 3 is 0.250 bits per heavy atom. The molecule has 0 unspecified atom stereocenters.